The van der Waals surface area contributed by atoms with Gasteiger partial charge in [-0.05, 0) is 13.8 Å². The lowest BCUT2D eigenvalue weighted by molar-refractivity contribution is -0.137. The highest BCUT2D eigenvalue weighted by atomic mass is 35.5. The van der Waals surface area contributed by atoms with Crippen LogP contribution in [0.5, 0.6) is 0 Å². The van der Waals surface area contributed by atoms with Gasteiger partial charge < -0.3 is 5.11 Å². The molecule has 1 aromatic rings. The summed E-state index contributed by atoms with van der Waals surface area (Å²) in [6.07, 6.45) is -2.95. The number of hydrogen-bond acceptors (Lipinski definition) is 2. The predicted molar refractivity (Wildman–Crippen MR) is 53.9 cm³/mol. The molecule has 0 aliphatic heterocycles. The second kappa shape index (κ2) is 4.78. The van der Waals surface area contributed by atoms with E-state index in [-0.39, 0.29) is 11.4 Å². The van der Waals surface area contributed by atoms with E-state index in [0.29, 0.717) is 5.69 Å². The molecule has 1 aromatic heterocycles. The smallest absolute Gasteiger partial charge is 0.305 e. The normalized spacial score (nSPS) is 13.1. The first-order chi connectivity index (χ1) is 7.34. The molecule has 1 heterocycles. The maximum absolute atomic E-state index is 12.5. The highest BCUT2D eigenvalue weighted by Crippen LogP contribution is 2.30. The van der Waals surface area contributed by atoms with Gasteiger partial charge in [-0.2, -0.15) is 5.10 Å². The zero-order valence-electron chi connectivity index (χ0n) is 8.75. The molecule has 16 heavy (non-hydrogen) atoms. The first-order valence-corrected chi connectivity index (χ1v) is 4.96. The minimum atomic E-state index is -2.76. The van der Waals surface area contributed by atoms with Gasteiger partial charge in [-0.1, -0.05) is 11.6 Å². The molecule has 0 amide bonds. The fourth-order valence-corrected chi connectivity index (χ4v) is 1.64. The summed E-state index contributed by atoms with van der Waals surface area (Å²) in [5.74, 6) is -1.02. The molecule has 1 rings (SSSR count). The first kappa shape index (κ1) is 12.9. The molecule has 0 saturated heterocycles. The van der Waals surface area contributed by atoms with Crippen LogP contribution in [0.2, 0.25) is 5.02 Å². The van der Waals surface area contributed by atoms with Crippen LogP contribution in [-0.2, 0) is 4.79 Å². The minimum Gasteiger partial charge on any atom is -0.481 e. The molecular formula is C9H11ClF2N2O2. The number of aliphatic carboxylic acids is 1. The topological polar surface area (TPSA) is 55.1 Å². The van der Waals surface area contributed by atoms with Crippen molar-refractivity contribution in [2.24, 2.45) is 0 Å². The van der Waals surface area contributed by atoms with Crippen LogP contribution in [-0.4, -0.2) is 20.9 Å². The Balaban J connectivity index is 3.06. The van der Waals surface area contributed by atoms with Gasteiger partial charge in [0.2, 0.25) is 0 Å². The van der Waals surface area contributed by atoms with Crippen LogP contribution in [0.25, 0.3) is 0 Å². The minimum absolute atomic E-state index is 0.104. The molecule has 0 fully saturated rings. The Labute approximate surface area is 95.8 Å². The van der Waals surface area contributed by atoms with Gasteiger partial charge in [-0.3, -0.25) is 9.48 Å². The Bertz CT molecular complexity index is 406. The summed E-state index contributed by atoms with van der Waals surface area (Å²) >= 11 is 5.68. The summed E-state index contributed by atoms with van der Waals surface area (Å²) in [6, 6.07) is -0.512. The molecule has 0 saturated carbocycles. The molecule has 0 aliphatic rings. The van der Waals surface area contributed by atoms with E-state index in [2.05, 4.69) is 5.10 Å². The SMILES string of the molecule is Cc1c(Cl)c(C(F)F)nn1[C@@H](C)CC(=O)O. The summed E-state index contributed by atoms with van der Waals surface area (Å²) < 4.78 is 26.2. The summed E-state index contributed by atoms with van der Waals surface area (Å²) in [4.78, 5) is 10.5. The van der Waals surface area contributed by atoms with Crippen molar-refractivity contribution in [2.75, 3.05) is 0 Å². The lowest BCUT2D eigenvalue weighted by atomic mass is 10.2. The molecule has 0 aromatic carbocycles. The summed E-state index contributed by atoms with van der Waals surface area (Å²) in [5, 5.41) is 12.1. The number of alkyl halides is 2. The number of carboxylic acid groups (broad SMARTS) is 1. The van der Waals surface area contributed by atoms with Gasteiger partial charge in [-0.25, -0.2) is 8.78 Å². The Morgan fingerprint density at radius 1 is 1.62 bits per heavy atom. The molecule has 1 N–H and O–H groups in total. The molecule has 7 heteroatoms. The number of carbonyl (C=O) groups is 1. The van der Waals surface area contributed by atoms with Crippen LogP contribution in [0.15, 0.2) is 0 Å². The maximum Gasteiger partial charge on any atom is 0.305 e. The van der Waals surface area contributed by atoms with Crippen LogP contribution in [0.3, 0.4) is 0 Å². The Kier molecular flexibility index (Phi) is 3.85. The number of halogens is 3. The third kappa shape index (κ3) is 2.49. The molecule has 4 nitrogen and oxygen atoms in total. The number of nitrogens with zero attached hydrogens (tertiary/aromatic N) is 2. The number of carboxylic acids is 1. The number of hydrogen-bond donors (Lipinski definition) is 1. The fourth-order valence-electron chi connectivity index (χ4n) is 1.43. The largest absolute Gasteiger partial charge is 0.481 e. The lowest BCUT2D eigenvalue weighted by Gasteiger charge is -2.11. The highest BCUT2D eigenvalue weighted by Gasteiger charge is 2.23. The third-order valence-electron chi connectivity index (χ3n) is 2.20. The van der Waals surface area contributed by atoms with Crippen molar-refractivity contribution in [3.05, 3.63) is 16.4 Å². The predicted octanol–water partition coefficient (Wildman–Crippen LogP) is 2.82. The molecule has 90 valence electrons. The van der Waals surface area contributed by atoms with Crippen molar-refractivity contribution >= 4 is 17.6 Å². The standard InChI is InChI=1S/C9H11ClF2N2O2/c1-4(3-6(15)16)14-5(2)7(10)8(13-14)9(11)12/h4,9H,3H2,1-2H3,(H,15,16)/t4-/m0/s1. The zero-order valence-corrected chi connectivity index (χ0v) is 9.50. The molecular weight excluding hydrogens is 242 g/mol. The van der Waals surface area contributed by atoms with Gasteiger partial charge in [0.15, 0.2) is 0 Å². The van der Waals surface area contributed by atoms with Gasteiger partial charge in [0, 0.05) is 0 Å². The summed E-state index contributed by atoms with van der Waals surface area (Å²) in [7, 11) is 0. The van der Waals surface area contributed by atoms with Gasteiger partial charge in [0.05, 0.1) is 23.2 Å². The average molecular weight is 253 g/mol. The van der Waals surface area contributed by atoms with E-state index >= 15 is 0 Å². The summed E-state index contributed by atoms with van der Waals surface area (Å²) in [5.41, 5.74) is -0.151. The van der Waals surface area contributed by atoms with Crippen molar-refractivity contribution < 1.29 is 18.7 Å². The molecule has 0 unspecified atom stereocenters. The zero-order chi connectivity index (χ0) is 12.5. The van der Waals surface area contributed by atoms with Crippen LogP contribution in [0.1, 0.15) is 37.2 Å². The lowest BCUT2D eigenvalue weighted by Crippen LogP contribution is -2.13. The van der Waals surface area contributed by atoms with Gasteiger partial charge in [0.1, 0.15) is 5.69 Å². The monoisotopic (exact) mass is 252 g/mol. The number of rotatable bonds is 4. The van der Waals surface area contributed by atoms with Crippen molar-refractivity contribution in [3.8, 4) is 0 Å². The molecule has 1 atom stereocenters. The van der Waals surface area contributed by atoms with Crippen LogP contribution < -0.4 is 0 Å². The molecule has 0 bridgehead atoms. The maximum atomic E-state index is 12.5. The van der Waals surface area contributed by atoms with Crippen molar-refractivity contribution in [2.45, 2.75) is 32.7 Å². The van der Waals surface area contributed by atoms with Gasteiger partial charge in [0.25, 0.3) is 6.43 Å². The van der Waals surface area contributed by atoms with Crippen LogP contribution in [0.4, 0.5) is 8.78 Å². The molecule has 0 radical (unpaired) electrons. The van der Waals surface area contributed by atoms with E-state index in [1.54, 1.807) is 6.92 Å². The fraction of sp³-hybridized carbons (Fsp3) is 0.556. The molecule has 0 aliphatic carbocycles. The van der Waals surface area contributed by atoms with Crippen molar-refractivity contribution in [1.82, 2.24) is 9.78 Å². The van der Waals surface area contributed by atoms with Crippen LogP contribution in [0, 0.1) is 6.92 Å². The Hall–Kier alpha value is -1.17. The van der Waals surface area contributed by atoms with E-state index in [9.17, 15) is 13.6 Å². The second-order valence-corrected chi connectivity index (χ2v) is 3.85. The average Bonchev–Trinajstić information content (AvgIpc) is 2.43. The van der Waals surface area contributed by atoms with E-state index < -0.39 is 24.1 Å². The highest BCUT2D eigenvalue weighted by molar-refractivity contribution is 6.31. The first-order valence-electron chi connectivity index (χ1n) is 4.59. The van der Waals surface area contributed by atoms with E-state index in [4.69, 9.17) is 16.7 Å². The quantitative estimate of drug-likeness (QED) is 0.896. The second-order valence-electron chi connectivity index (χ2n) is 3.48. The summed E-state index contributed by atoms with van der Waals surface area (Å²) in [6.45, 7) is 3.11. The van der Waals surface area contributed by atoms with E-state index in [1.165, 1.54) is 11.6 Å². The Morgan fingerprint density at radius 2 is 2.19 bits per heavy atom. The third-order valence-corrected chi connectivity index (χ3v) is 2.66. The van der Waals surface area contributed by atoms with Crippen molar-refractivity contribution in [3.63, 3.8) is 0 Å². The van der Waals surface area contributed by atoms with Gasteiger partial charge >= 0.3 is 5.97 Å². The molecule has 0 spiro atoms. The van der Waals surface area contributed by atoms with Crippen molar-refractivity contribution in [1.29, 1.82) is 0 Å². The Morgan fingerprint density at radius 3 is 2.56 bits per heavy atom. The van der Waals surface area contributed by atoms with E-state index in [0.717, 1.165) is 0 Å². The van der Waals surface area contributed by atoms with Crippen LogP contribution >= 0.6 is 11.6 Å². The van der Waals surface area contributed by atoms with E-state index in [1.807, 2.05) is 0 Å². The van der Waals surface area contributed by atoms with Gasteiger partial charge in [-0.15, -0.1) is 0 Å². The number of aromatic nitrogens is 2.